The molecule has 106 valence electrons. The van der Waals surface area contributed by atoms with E-state index >= 15 is 0 Å². The Hall–Kier alpha value is -0.820. The molecule has 20 heavy (non-hydrogen) atoms. The van der Waals surface area contributed by atoms with E-state index in [9.17, 15) is 4.79 Å². The first kappa shape index (κ1) is 15.6. The highest BCUT2D eigenvalue weighted by Gasteiger charge is 2.18. The SMILES string of the molecule is CCOC(=O)c1ncsc1Nc1ccc(Br)c(Cl)c1Cl. The van der Waals surface area contributed by atoms with Crippen LogP contribution < -0.4 is 5.32 Å². The molecule has 8 heteroatoms. The van der Waals surface area contributed by atoms with E-state index in [0.717, 1.165) is 0 Å². The maximum atomic E-state index is 11.7. The number of anilines is 2. The molecule has 0 bridgehead atoms. The molecule has 0 unspecified atom stereocenters. The molecule has 0 saturated heterocycles. The summed E-state index contributed by atoms with van der Waals surface area (Å²) in [5.41, 5.74) is 2.38. The predicted octanol–water partition coefficient (Wildman–Crippen LogP) is 5.13. The Morgan fingerprint density at radius 2 is 2.20 bits per heavy atom. The number of carbonyl (C=O) groups is 1. The molecule has 4 nitrogen and oxygen atoms in total. The van der Waals surface area contributed by atoms with Crippen molar-refractivity contribution in [1.29, 1.82) is 0 Å². The van der Waals surface area contributed by atoms with E-state index in [-0.39, 0.29) is 5.69 Å². The third-order valence-electron chi connectivity index (χ3n) is 2.32. The molecule has 1 N–H and O–H groups in total. The van der Waals surface area contributed by atoms with Crippen LogP contribution in [0.4, 0.5) is 10.7 Å². The second kappa shape index (κ2) is 6.76. The molecule has 0 fully saturated rings. The van der Waals surface area contributed by atoms with Crippen LogP contribution in [0.15, 0.2) is 22.1 Å². The van der Waals surface area contributed by atoms with Crippen molar-refractivity contribution in [2.75, 3.05) is 11.9 Å². The van der Waals surface area contributed by atoms with Crippen molar-refractivity contribution in [2.24, 2.45) is 0 Å². The molecule has 1 heterocycles. The highest BCUT2D eigenvalue weighted by molar-refractivity contribution is 9.10. The molecule has 0 spiro atoms. The molecular formula is C12H9BrCl2N2O2S. The Bertz CT molecular complexity index is 648. The van der Waals surface area contributed by atoms with Crippen LogP contribution in [-0.4, -0.2) is 17.6 Å². The van der Waals surface area contributed by atoms with E-state index in [2.05, 4.69) is 26.2 Å². The lowest BCUT2D eigenvalue weighted by Crippen LogP contribution is -2.07. The number of carbonyl (C=O) groups excluding carboxylic acids is 1. The number of ether oxygens (including phenoxy) is 1. The zero-order valence-electron chi connectivity index (χ0n) is 10.2. The van der Waals surface area contributed by atoms with Crippen LogP contribution in [0.25, 0.3) is 0 Å². The van der Waals surface area contributed by atoms with Gasteiger partial charge in [0, 0.05) is 4.47 Å². The Morgan fingerprint density at radius 3 is 2.90 bits per heavy atom. The number of rotatable bonds is 4. The summed E-state index contributed by atoms with van der Waals surface area (Å²) in [6.07, 6.45) is 0. The topological polar surface area (TPSA) is 51.2 Å². The van der Waals surface area contributed by atoms with Crippen LogP contribution in [0.2, 0.25) is 10.0 Å². The van der Waals surface area contributed by atoms with Crippen molar-refractivity contribution in [3.8, 4) is 0 Å². The van der Waals surface area contributed by atoms with Gasteiger partial charge in [-0.15, -0.1) is 11.3 Å². The van der Waals surface area contributed by atoms with Crippen LogP contribution in [0.3, 0.4) is 0 Å². The molecular weight excluding hydrogens is 387 g/mol. The van der Waals surface area contributed by atoms with Gasteiger partial charge in [0.15, 0.2) is 5.69 Å². The van der Waals surface area contributed by atoms with Crippen molar-refractivity contribution in [3.05, 3.63) is 37.9 Å². The van der Waals surface area contributed by atoms with Gasteiger partial charge in [-0.3, -0.25) is 0 Å². The minimum atomic E-state index is -0.476. The second-order valence-corrected chi connectivity index (χ2v) is 6.06. The maximum Gasteiger partial charge on any atom is 0.360 e. The van der Waals surface area contributed by atoms with E-state index in [1.807, 2.05) is 0 Å². The third-order valence-corrected chi connectivity index (χ3v) is 4.83. The minimum absolute atomic E-state index is 0.229. The van der Waals surface area contributed by atoms with E-state index < -0.39 is 5.97 Å². The predicted molar refractivity (Wildman–Crippen MR) is 85.5 cm³/mol. The fourth-order valence-corrected chi connectivity index (χ4v) is 2.93. The van der Waals surface area contributed by atoms with E-state index in [0.29, 0.717) is 31.8 Å². The van der Waals surface area contributed by atoms with Crippen molar-refractivity contribution < 1.29 is 9.53 Å². The Kier molecular flexibility index (Phi) is 5.26. The number of thiazole rings is 1. The van der Waals surface area contributed by atoms with Crippen molar-refractivity contribution in [1.82, 2.24) is 4.98 Å². The Labute approximate surface area is 138 Å². The Balaban J connectivity index is 2.30. The standard InChI is InChI=1S/C12H9BrCl2N2O2S/c1-2-19-12(18)10-11(20-5-16-10)17-7-4-3-6(13)8(14)9(7)15/h3-5,17H,2H2,1H3. The lowest BCUT2D eigenvalue weighted by Gasteiger charge is -2.09. The van der Waals surface area contributed by atoms with E-state index in [1.54, 1.807) is 24.6 Å². The number of nitrogens with zero attached hydrogens (tertiary/aromatic N) is 1. The number of benzene rings is 1. The van der Waals surface area contributed by atoms with Crippen LogP contribution in [-0.2, 0) is 4.74 Å². The fourth-order valence-electron chi connectivity index (χ4n) is 1.42. The normalized spacial score (nSPS) is 10.4. The summed E-state index contributed by atoms with van der Waals surface area (Å²) in [6.45, 7) is 2.03. The first-order valence-electron chi connectivity index (χ1n) is 5.55. The second-order valence-electron chi connectivity index (χ2n) is 3.60. The molecule has 0 atom stereocenters. The van der Waals surface area contributed by atoms with Gasteiger partial charge in [-0.2, -0.15) is 0 Å². The number of halogens is 3. The van der Waals surface area contributed by atoms with Crippen LogP contribution in [0.5, 0.6) is 0 Å². The van der Waals surface area contributed by atoms with Gasteiger partial charge in [0.2, 0.25) is 0 Å². The summed E-state index contributed by atoms with van der Waals surface area (Å²) < 4.78 is 5.64. The smallest absolute Gasteiger partial charge is 0.360 e. The summed E-state index contributed by atoms with van der Waals surface area (Å²) in [6, 6.07) is 3.52. The molecule has 2 rings (SSSR count). The number of esters is 1. The molecule has 0 aliphatic carbocycles. The average Bonchev–Trinajstić information content (AvgIpc) is 2.88. The van der Waals surface area contributed by atoms with Crippen LogP contribution in [0, 0.1) is 0 Å². The van der Waals surface area contributed by atoms with Crippen LogP contribution in [0.1, 0.15) is 17.4 Å². The highest BCUT2D eigenvalue weighted by Crippen LogP contribution is 2.38. The molecule has 0 saturated carbocycles. The maximum absolute atomic E-state index is 11.7. The van der Waals surface area contributed by atoms with Gasteiger partial charge in [-0.25, -0.2) is 9.78 Å². The first-order chi connectivity index (χ1) is 9.54. The van der Waals surface area contributed by atoms with Gasteiger partial charge in [-0.1, -0.05) is 23.2 Å². The molecule has 2 aromatic rings. The molecule has 0 aliphatic heterocycles. The van der Waals surface area contributed by atoms with Gasteiger partial charge in [0.05, 0.1) is 27.9 Å². The average molecular weight is 396 g/mol. The Morgan fingerprint density at radius 1 is 1.45 bits per heavy atom. The largest absolute Gasteiger partial charge is 0.461 e. The molecule has 1 aromatic carbocycles. The fraction of sp³-hybridized carbons (Fsp3) is 0.167. The lowest BCUT2D eigenvalue weighted by atomic mass is 10.3. The molecule has 0 amide bonds. The lowest BCUT2D eigenvalue weighted by molar-refractivity contribution is 0.0521. The van der Waals surface area contributed by atoms with E-state index in [1.165, 1.54) is 11.3 Å². The molecule has 0 radical (unpaired) electrons. The van der Waals surface area contributed by atoms with Gasteiger partial charge in [-0.05, 0) is 35.0 Å². The summed E-state index contributed by atoms with van der Waals surface area (Å²) >= 11 is 16.8. The highest BCUT2D eigenvalue weighted by atomic mass is 79.9. The summed E-state index contributed by atoms with van der Waals surface area (Å²) in [7, 11) is 0. The summed E-state index contributed by atoms with van der Waals surface area (Å²) in [5.74, 6) is -0.476. The zero-order valence-corrected chi connectivity index (χ0v) is 14.2. The van der Waals surface area contributed by atoms with Crippen LogP contribution >= 0.6 is 50.5 Å². The number of hydrogen-bond acceptors (Lipinski definition) is 5. The van der Waals surface area contributed by atoms with Gasteiger partial charge in [0.1, 0.15) is 5.00 Å². The van der Waals surface area contributed by atoms with Crippen molar-refractivity contribution >= 4 is 67.1 Å². The number of nitrogens with one attached hydrogen (secondary N) is 1. The molecule has 1 aromatic heterocycles. The van der Waals surface area contributed by atoms with Crippen molar-refractivity contribution in [3.63, 3.8) is 0 Å². The third kappa shape index (κ3) is 3.25. The zero-order chi connectivity index (χ0) is 14.7. The number of aromatic nitrogens is 1. The first-order valence-corrected chi connectivity index (χ1v) is 7.98. The van der Waals surface area contributed by atoms with Gasteiger partial charge < -0.3 is 10.1 Å². The number of hydrogen-bond donors (Lipinski definition) is 1. The molecule has 0 aliphatic rings. The minimum Gasteiger partial charge on any atom is -0.461 e. The van der Waals surface area contributed by atoms with Crippen molar-refractivity contribution in [2.45, 2.75) is 6.92 Å². The van der Waals surface area contributed by atoms with Gasteiger partial charge in [0.25, 0.3) is 0 Å². The summed E-state index contributed by atoms with van der Waals surface area (Å²) in [5, 5.41) is 4.37. The van der Waals surface area contributed by atoms with Gasteiger partial charge >= 0.3 is 5.97 Å². The van der Waals surface area contributed by atoms with E-state index in [4.69, 9.17) is 27.9 Å². The summed E-state index contributed by atoms with van der Waals surface area (Å²) in [4.78, 5) is 15.7. The monoisotopic (exact) mass is 394 g/mol. The quantitative estimate of drug-likeness (QED) is 0.575.